The highest BCUT2D eigenvalue weighted by atomic mass is 32.2. The van der Waals surface area contributed by atoms with E-state index in [0.29, 0.717) is 17.1 Å². The van der Waals surface area contributed by atoms with E-state index in [9.17, 15) is 9.59 Å². The van der Waals surface area contributed by atoms with Gasteiger partial charge in [0.15, 0.2) is 5.16 Å². The van der Waals surface area contributed by atoms with Gasteiger partial charge in [-0.2, -0.15) is 0 Å². The van der Waals surface area contributed by atoms with Gasteiger partial charge in [0, 0.05) is 23.2 Å². The van der Waals surface area contributed by atoms with Crippen LogP contribution in [0.25, 0.3) is 10.2 Å². The summed E-state index contributed by atoms with van der Waals surface area (Å²) < 4.78 is 1.62. The largest absolute Gasteiger partial charge is 0.308 e. The molecule has 1 unspecified atom stereocenters. The van der Waals surface area contributed by atoms with Gasteiger partial charge in [-0.1, -0.05) is 36.0 Å². The molecule has 0 fully saturated rings. The van der Waals surface area contributed by atoms with Gasteiger partial charge in [-0.25, -0.2) is 4.98 Å². The Hall–Kier alpha value is -2.38. The molecule has 1 aromatic carbocycles. The van der Waals surface area contributed by atoms with Crippen molar-refractivity contribution in [3.05, 3.63) is 63.3 Å². The summed E-state index contributed by atoms with van der Waals surface area (Å²) in [5.74, 6) is 0.266. The molecule has 3 heterocycles. The molecule has 0 saturated heterocycles. The first-order valence-corrected chi connectivity index (χ1v) is 11.4. The van der Waals surface area contributed by atoms with Gasteiger partial charge in [0.25, 0.3) is 5.56 Å². The van der Waals surface area contributed by atoms with E-state index in [1.54, 1.807) is 10.6 Å². The predicted molar refractivity (Wildman–Crippen MR) is 121 cm³/mol. The summed E-state index contributed by atoms with van der Waals surface area (Å²) >= 11 is 2.85. The van der Waals surface area contributed by atoms with Crippen molar-refractivity contribution in [3.8, 4) is 0 Å². The Kier molecular flexibility index (Phi) is 5.36. The van der Waals surface area contributed by atoms with Crippen LogP contribution in [0.2, 0.25) is 0 Å². The molecule has 0 saturated carbocycles. The summed E-state index contributed by atoms with van der Waals surface area (Å²) in [7, 11) is 0. The Morgan fingerprint density at radius 2 is 2.14 bits per heavy atom. The van der Waals surface area contributed by atoms with Crippen LogP contribution in [0.1, 0.15) is 22.9 Å². The fourth-order valence-electron chi connectivity index (χ4n) is 3.85. The van der Waals surface area contributed by atoms with Crippen LogP contribution in [0.5, 0.6) is 0 Å². The average Bonchev–Trinajstić information content (AvgIpc) is 3.18. The fourth-order valence-corrected chi connectivity index (χ4v) is 5.79. The van der Waals surface area contributed by atoms with Crippen molar-refractivity contribution in [3.63, 3.8) is 0 Å². The molecule has 0 spiro atoms. The minimum atomic E-state index is -0.0633. The Morgan fingerprint density at radius 3 is 2.90 bits per heavy atom. The molecule has 4 rings (SSSR count). The Labute approximate surface area is 178 Å². The summed E-state index contributed by atoms with van der Waals surface area (Å²) in [6.07, 6.45) is 2.56. The number of aromatic nitrogens is 2. The van der Waals surface area contributed by atoms with Gasteiger partial charge in [0.05, 0.1) is 11.1 Å². The molecule has 3 aromatic rings. The third-order valence-electron chi connectivity index (χ3n) is 5.37. The zero-order valence-electron chi connectivity index (χ0n) is 16.8. The summed E-state index contributed by atoms with van der Waals surface area (Å²) in [5.41, 5.74) is 3.11. The zero-order chi connectivity index (χ0) is 20.7. The number of hydrogen-bond donors (Lipinski definition) is 0. The lowest BCUT2D eigenvalue weighted by Gasteiger charge is -2.22. The number of para-hydroxylation sites is 1. The number of rotatable bonds is 5. The van der Waals surface area contributed by atoms with Crippen LogP contribution in [0.4, 0.5) is 5.69 Å². The van der Waals surface area contributed by atoms with E-state index < -0.39 is 0 Å². The van der Waals surface area contributed by atoms with E-state index in [1.165, 1.54) is 28.7 Å². The third-order valence-corrected chi connectivity index (χ3v) is 7.43. The average molecular weight is 426 g/mol. The molecule has 1 aliphatic rings. The van der Waals surface area contributed by atoms with E-state index in [4.69, 9.17) is 4.98 Å². The third kappa shape index (κ3) is 3.42. The van der Waals surface area contributed by atoms with Crippen LogP contribution < -0.4 is 10.5 Å². The fraction of sp³-hybridized carbons (Fsp3) is 0.318. The van der Waals surface area contributed by atoms with Gasteiger partial charge in [0.1, 0.15) is 4.83 Å². The second-order valence-corrected chi connectivity index (χ2v) is 9.44. The summed E-state index contributed by atoms with van der Waals surface area (Å²) in [4.78, 5) is 34.5. The molecule has 0 bridgehead atoms. The van der Waals surface area contributed by atoms with Crippen molar-refractivity contribution in [1.29, 1.82) is 0 Å². The number of thiophene rings is 1. The second kappa shape index (κ2) is 7.80. The number of nitrogens with zero attached hydrogens (tertiary/aromatic N) is 3. The van der Waals surface area contributed by atoms with E-state index in [-0.39, 0.29) is 23.3 Å². The maximum absolute atomic E-state index is 13.1. The minimum Gasteiger partial charge on any atom is -0.308 e. The summed E-state index contributed by atoms with van der Waals surface area (Å²) in [6, 6.07) is 8.17. The lowest BCUT2D eigenvalue weighted by Crippen LogP contribution is -2.37. The minimum absolute atomic E-state index is 0.0329. The Balaban J connectivity index is 1.64. The first kappa shape index (κ1) is 19.9. The molecule has 1 aliphatic heterocycles. The van der Waals surface area contributed by atoms with E-state index >= 15 is 0 Å². The molecular formula is C22H23N3O2S2. The highest BCUT2D eigenvalue weighted by Crippen LogP contribution is 2.33. The van der Waals surface area contributed by atoms with Crippen molar-refractivity contribution in [1.82, 2.24) is 9.55 Å². The lowest BCUT2D eigenvalue weighted by molar-refractivity contribution is -0.116. The molecular weight excluding hydrogens is 402 g/mol. The van der Waals surface area contributed by atoms with E-state index in [2.05, 4.69) is 19.6 Å². The van der Waals surface area contributed by atoms with Crippen molar-refractivity contribution < 1.29 is 4.79 Å². The molecule has 1 atom stereocenters. The predicted octanol–water partition coefficient (Wildman–Crippen LogP) is 4.33. The monoisotopic (exact) mass is 425 g/mol. The van der Waals surface area contributed by atoms with Crippen molar-refractivity contribution in [2.45, 2.75) is 44.9 Å². The SMILES string of the molecule is C=CCn1c(SCC(=O)N2c3ccccc3CC2C)nc2sc(C)c(C)c2c1=O. The Bertz CT molecular complexity index is 1180. The number of aryl methyl sites for hydroxylation is 2. The number of fused-ring (bicyclic) bond motifs is 2. The van der Waals surface area contributed by atoms with Crippen LogP contribution in [0.15, 0.2) is 46.9 Å². The molecule has 29 heavy (non-hydrogen) atoms. The lowest BCUT2D eigenvalue weighted by atomic mass is 10.1. The number of benzene rings is 1. The summed E-state index contributed by atoms with van der Waals surface area (Å²) in [5, 5.41) is 1.24. The molecule has 0 radical (unpaired) electrons. The van der Waals surface area contributed by atoms with Gasteiger partial charge < -0.3 is 4.90 Å². The number of anilines is 1. The van der Waals surface area contributed by atoms with Crippen LogP contribution in [0.3, 0.4) is 0 Å². The van der Waals surface area contributed by atoms with Gasteiger partial charge in [-0.15, -0.1) is 17.9 Å². The number of allylic oxidation sites excluding steroid dienone is 1. The number of carbonyl (C=O) groups is 1. The quantitative estimate of drug-likeness (QED) is 0.347. The summed E-state index contributed by atoms with van der Waals surface area (Å²) in [6.45, 7) is 10.2. The molecule has 1 amide bonds. The van der Waals surface area contributed by atoms with Crippen LogP contribution in [-0.2, 0) is 17.8 Å². The standard InChI is InChI=1S/C22H23N3O2S2/c1-5-10-24-21(27)19-14(3)15(4)29-20(19)23-22(24)28-12-18(26)25-13(2)11-16-8-6-7-9-17(16)25/h5-9,13H,1,10-12H2,2-4H3. The molecule has 2 aromatic heterocycles. The van der Waals surface area contributed by atoms with Crippen LogP contribution in [0, 0.1) is 13.8 Å². The first-order valence-electron chi connectivity index (χ1n) is 9.56. The molecule has 5 nitrogen and oxygen atoms in total. The highest BCUT2D eigenvalue weighted by molar-refractivity contribution is 7.99. The molecule has 7 heteroatoms. The maximum atomic E-state index is 13.1. The second-order valence-electron chi connectivity index (χ2n) is 7.30. The van der Waals surface area contributed by atoms with Gasteiger partial charge in [-0.3, -0.25) is 14.2 Å². The first-order chi connectivity index (χ1) is 13.9. The van der Waals surface area contributed by atoms with Crippen molar-refractivity contribution >= 4 is 44.9 Å². The van der Waals surface area contributed by atoms with Crippen LogP contribution in [-0.4, -0.2) is 27.3 Å². The Morgan fingerprint density at radius 1 is 1.38 bits per heavy atom. The van der Waals surface area contributed by atoms with E-state index in [0.717, 1.165) is 27.4 Å². The smallest absolute Gasteiger partial charge is 0.263 e. The zero-order valence-corrected chi connectivity index (χ0v) is 18.4. The van der Waals surface area contributed by atoms with E-state index in [1.807, 2.05) is 36.9 Å². The highest BCUT2D eigenvalue weighted by Gasteiger charge is 2.30. The normalized spacial score (nSPS) is 15.7. The number of amides is 1. The van der Waals surface area contributed by atoms with Crippen LogP contribution >= 0.6 is 23.1 Å². The number of hydrogen-bond acceptors (Lipinski definition) is 5. The van der Waals surface area contributed by atoms with Gasteiger partial charge in [0.2, 0.25) is 5.91 Å². The molecule has 150 valence electrons. The molecule has 0 aliphatic carbocycles. The number of thioether (sulfide) groups is 1. The van der Waals surface area contributed by atoms with Crippen molar-refractivity contribution in [2.24, 2.45) is 0 Å². The molecule has 0 N–H and O–H groups in total. The number of carbonyl (C=O) groups excluding carboxylic acids is 1. The van der Waals surface area contributed by atoms with Crippen molar-refractivity contribution in [2.75, 3.05) is 10.7 Å². The van der Waals surface area contributed by atoms with Gasteiger partial charge in [-0.05, 0) is 44.4 Å². The maximum Gasteiger partial charge on any atom is 0.263 e. The van der Waals surface area contributed by atoms with Gasteiger partial charge >= 0.3 is 0 Å². The topological polar surface area (TPSA) is 55.2 Å².